The molecule has 0 bridgehead atoms. The van der Waals surface area contributed by atoms with Crippen LogP contribution in [0.3, 0.4) is 0 Å². The van der Waals surface area contributed by atoms with Crippen molar-refractivity contribution in [3.05, 3.63) is 0 Å². The smallest absolute Gasteiger partial charge is 0.232 e. The Morgan fingerprint density at radius 2 is 1.19 bits per heavy atom. The number of rotatable bonds is 19. The summed E-state index contributed by atoms with van der Waals surface area (Å²) in [4.78, 5) is 74.1. The predicted molar refractivity (Wildman–Crippen MR) is 155 cm³/mol. The third-order valence-corrected chi connectivity index (χ3v) is 7.45. The first-order valence-corrected chi connectivity index (χ1v) is 15.0. The van der Waals surface area contributed by atoms with E-state index < -0.39 is 0 Å². The van der Waals surface area contributed by atoms with Gasteiger partial charge < -0.3 is 20.1 Å². The Morgan fingerprint density at radius 3 is 1.67 bits per heavy atom. The van der Waals surface area contributed by atoms with Crippen LogP contribution >= 0.6 is 0 Å². The number of carbonyl (C=O) groups is 6. The van der Waals surface area contributed by atoms with Crippen molar-refractivity contribution < 1.29 is 38.2 Å². The molecule has 2 rings (SSSR count). The molecule has 0 radical (unpaired) electrons. The van der Waals surface area contributed by atoms with Crippen LogP contribution in [0.5, 0.6) is 0 Å². The van der Waals surface area contributed by atoms with Crippen molar-refractivity contribution in [2.45, 2.75) is 80.1 Å². The average Bonchev–Trinajstić information content (AvgIpc) is 3.28. The van der Waals surface area contributed by atoms with Gasteiger partial charge in [0.05, 0.1) is 19.8 Å². The summed E-state index contributed by atoms with van der Waals surface area (Å²) in [7, 11) is 0. The van der Waals surface area contributed by atoms with Crippen LogP contribution in [-0.4, -0.2) is 97.8 Å². The molecule has 2 aliphatic heterocycles. The molecule has 12 nitrogen and oxygen atoms in total. The minimum absolute atomic E-state index is 0.0978. The van der Waals surface area contributed by atoms with E-state index in [0.717, 1.165) is 0 Å². The van der Waals surface area contributed by atoms with Crippen LogP contribution in [0.15, 0.2) is 0 Å². The van der Waals surface area contributed by atoms with Gasteiger partial charge in [0.25, 0.3) is 0 Å². The van der Waals surface area contributed by atoms with E-state index in [-0.39, 0.29) is 96.9 Å². The normalized spacial score (nSPS) is 19.7. The second-order valence-corrected chi connectivity index (χ2v) is 13.2. The van der Waals surface area contributed by atoms with Crippen molar-refractivity contribution in [1.29, 1.82) is 0 Å². The van der Waals surface area contributed by atoms with E-state index in [1.54, 1.807) is 13.8 Å². The van der Waals surface area contributed by atoms with Gasteiger partial charge in [-0.1, -0.05) is 41.5 Å². The summed E-state index contributed by atoms with van der Waals surface area (Å²) in [6.07, 6.45) is 1.98. The van der Waals surface area contributed by atoms with E-state index in [1.807, 2.05) is 0 Å². The van der Waals surface area contributed by atoms with Gasteiger partial charge in [0.2, 0.25) is 35.4 Å². The molecule has 12 heteroatoms. The van der Waals surface area contributed by atoms with Crippen LogP contribution < -0.4 is 10.6 Å². The van der Waals surface area contributed by atoms with Crippen molar-refractivity contribution in [2.24, 2.45) is 22.7 Å². The minimum Gasteiger partial charge on any atom is -0.381 e. The lowest BCUT2D eigenvalue weighted by Gasteiger charge is -2.29. The molecule has 6 amide bonds. The van der Waals surface area contributed by atoms with Gasteiger partial charge in [0.15, 0.2) is 0 Å². The third-order valence-electron chi connectivity index (χ3n) is 7.45. The van der Waals surface area contributed by atoms with E-state index in [1.165, 1.54) is 9.80 Å². The SMILES string of the molecule is CC1CC(=O)N(CCC(=O)NCCCOCC(C)(C)COCC(C)(C)CCNC(=O)CCN2C(=O)CC(C)C2=O)C1=O. The molecule has 2 fully saturated rings. The lowest BCUT2D eigenvalue weighted by molar-refractivity contribution is -0.141. The van der Waals surface area contributed by atoms with Gasteiger partial charge in [-0.25, -0.2) is 0 Å². The maximum atomic E-state index is 12.2. The molecule has 2 saturated heterocycles. The Morgan fingerprint density at radius 1 is 0.738 bits per heavy atom. The molecule has 0 aromatic heterocycles. The van der Waals surface area contributed by atoms with E-state index in [4.69, 9.17) is 9.47 Å². The summed E-state index contributed by atoms with van der Waals surface area (Å²) in [5.74, 6) is -1.84. The topological polar surface area (TPSA) is 151 Å². The van der Waals surface area contributed by atoms with Crippen LogP contribution in [0.1, 0.15) is 80.1 Å². The number of nitrogens with one attached hydrogen (secondary N) is 2. The number of hydrogen-bond acceptors (Lipinski definition) is 8. The van der Waals surface area contributed by atoms with Crippen molar-refractivity contribution >= 4 is 35.4 Å². The second kappa shape index (κ2) is 16.1. The quantitative estimate of drug-likeness (QED) is 0.169. The Balaban J connectivity index is 1.50. The molecule has 0 aromatic carbocycles. The molecule has 0 aromatic rings. The number of hydrogen-bond donors (Lipinski definition) is 2. The van der Waals surface area contributed by atoms with Gasteiger partial charge in [0.1, 0.15) is 0 Å². The summed E-state index contributed by atoms with van der Waals surface area (Å²) in [5.41, 5.74) is -0.367. The lowest BCUT2D eigenvalue weighted by atomic mass is 9.90. The average molecular weight is 595 g/mol. The Kier molecular flexibility index (Phi) is 13.6. The lowest BCUT2D eigenvalue weighted by Crippen LogP contribution is -2.36. The first-order valence-electron chi connectivity index (χ1n) is 15.0. The van der Waals surface area contributed by atoms with E-state index in [2.05, 4.69) is 38.3 Å². The summed E-state index contributed by atoms with van der Waals surface area (Å²) in [6, 6.07) is 0. The zero-order valence-electron chi connectivity index (χ0n) is 26.2. The zero-order valence-corrected chi connectivity index (χ0v) is 26.2. The number of imide groups is 2. The van der Waals surface area contributed by atoms with Gasteiger partial charge in [0, 0.05) is 75.7 Å². The number of carbonyl (C=O) groups excluding carboxylic acids is 6. The fourth-order valence-corrected chi connectivity index (χ4v) is 4.78. The van der Waals surface area contributed by atoms with Crippen molar-refractivity contribution in [1.82, 2.24) is 20.4 Å². The van der Waals surface area contributed by atoms with Gasteiger partial charge in [-0.3, -0.25) is 38.6 Å². The molecule has 2 unspecified atom stereocenters. The highest BCUT2D eigenvalue weighted by atomic mass is 16.5. The highest BCUT2D eigenvalue weighted by Gasteiger charge is 2.36. The predicted octanol–water partition coefficient (Wildman–Crippen LogP) is 1.65. The third kappa shape index (κ3) is 11.8. The highest BCUT2D eigenvalue weighted by molar-refractivity contribution is 6.04. The molecule has 0 spiro atoms. The molecule has 2 N–H and O–H groups in total. The van der Waals surface area contributed by atoms with Crippen LogP contribution in [0, 0.1) is 22.7 Å². The monoisotopic (exact) mass is 594 g/mol. The Hall–Kier alpha value is -2.86. The fourth-order valence-electron chi connectivity index (χ4n) is 4.78. The Labute approximate surface area is 249 Å². The zero-order chi connectivity index (χ0) is 31.5. The summed E-state index contributed by atoms with van der Waals surface area (Å²) < 4.78 is 11.8. The van der Waals surface area contributed by atoms with Crippen LogP contribution in [0.2, 0.25) is 0 Å². The molecule has 2 atom stereocenters. The van der Waals surface area contributed by atoms with Crippen LogP contribution in [-0.2, 0) is 38.2 Å². The summed E-state index contributed by atoms with van der Waals surface area (Å²) in [5, 5.41) is 5.66. The van der Waals surface area contributed by atoms with Crippen LogP contribution in [0.25, 0.3) is 0 Å². The van der Waals surface area contributed by atoms with Gasteiger partial charge in [-0.15, -0.1) is 0 Å². The van der Waals surface area contributed by atoms with Crippen LogP contribution in [0.4, 0.5) is 0 Å². The largest absolute Gasteiger partial charge is 0.381 e. The molecule has 2 aliphatic rings. The molecule has 0 saturated carbocycles. The van der Waals surface area contributed by atoms with Crippen molar-refractivity contribution in [3.8, 4) is 0 Å². The van der Waals surface area contributed by atoms with Crippen molar-refractivity contribution in [2.75, 3.05) is 52.6 Å². The molecule has 42 heavy (non-hydrogen) atoms. The molecule has 2 heterocycles. The summed E-state index contributed by atoms with van der Waals surface area (Å²) >= 11 is 0. The fraction of sp³-hybridized carbons (Fsp3) is 0.800. The van der Waals surface area contributed by atoms with E-state index in [9.17, 15) is 28.8 Å². The number of amides is 6. The number of likely N-dealkylation sites (tertiary alicyclic amines) is 2. The van der Waals surface area contributed by atoms with Gasteiger partial charge >= 0.3 is 0 Å². The van der Waals surface area contributed by atoms with E-state index >= 15 is 0 Å². The minimum atomic E-state index is -0.304. The van der Waals surface area contributed by atoms with Crippen molar-refractivity contribution in [3.63, 3.8) is 0 Å². The molecule has 0 aliphatic carbocycles. The highest BCUT2D eigenvalue weighted by Crippen LogP contribution is 2.23. The number of nitrogens with zero attached hydrogens (tertiary/aromatic N) is 2. The van der Waals surface area contributed by atoms with E-state index in [0.29, 0.717) is 52.4 Å². The first kappa shape index (κ1) is 35.3. The maximum Gasteiger partial charge on any atom is 0.232 e. The molecular formula is C30H50N4O8. The molecular weight excluding hydrogens is 544 g/mol. The maximum absolute atomic E-state index is 12.2. The van der Waals surface area contributed by atoms with Gasteiger partial charge in [-0.2, -0.15) is 0 Å². The second-order valence-electron chi connectivity index (χ2n) is 13.2. The standard InChI is InChI=1S/C30H50N4O8/c1-21-16-25(37)33(27(21)39)13-8-23(35)31-11-7-15-41-19-30(5,6)20-42-18-29(3,4)10-12-32-24(36)9-14-34-26(38)17-22(2)28(34)40/h21-22H,7-20H2,1-6H3,(H,31,35)(H,32,36). The summed E-state index contributed by atoms with van der Waals surface area (Å²) in [6.45, 7) is 14.9. The number of ether oxygens (including phenoxy) is 2. The first-order chi connectivity index (χ1) is 19.6. The Bertz CT molecular complexity index is 996. The molecule has 238 valence electrons. The van der Waals surface area contributed by atoms with Gasteiger partial charge in [-0.05, 0) is 18.3 Å².